The minimum absolute atomic E-state index is 0.705. The fraction of sp³-hybridized carbons (Fsp3) is 0.529. The Morgan fingerprint density at radius 2 is 2.06 bits per heavy atom. The summed E-state index contributed by atoms with van der Waals surface area (Å²) in [4.78, 5) is 2.62. The molecule has 0 fully saturated rings. The Bertz CT molecular complexity index is 408. The first-order valence-corrected chi connectivity index (χ1v) is 7.16. The summed E-state index contributed by atoms with van der Waals surface area (Å²) >= 11 is 0. The van der Waals surface area contributed by atoms with Gasteiger partial charge in [-0.05, 0) is 50.3 Å². The molecule has 1 atom stereocenters. The van der Waals surface area contributed by atoms with Gasteiger partial charge in [0.05, 0.1) is 0 Å². The summed E-state index contributed by atoms with van der Waals surface area (Å²) in [5, 5.41) is 0. The molecule has 98 valence electrons. The molecular formula is C17H25N. The topological polar surface area (TPSA) is 3.24 Å². The van der Waals surface area contributed by atoms with Crippen molar-refractivity contribution < 1.29 is 0 Å². The van der Waals surface area contributed by atoms with Crippen molar-refractivity contribution in [2.45, 2.75) is 45.6 Å². The van der Waals surface area contributed by atoms with Gasteiger partial charge in [0, 0.05) is 12.6 Å². The normalized spacial score (nSPS) is 18.7. The molecule has 1 unspecified atom stereocenters. The Morgan fingerprint density at radius 3 is 2.72 bits per heavy atom. The highest BCUT2D eigenvalue weighted by atomic mass is 15.1. The van der Waals surface area contributed by atoms with Crippen LogP contribution in [0, 0.1) is 0 Å². The van der Waals surface area contributed by atoms with Crippen LogP contribution in [0.1, 0.15) is 37.8 Å². The van der Waals surface area contributed by atoms with Crippen molar-refractivity contribution >= 4 is 0 Å². The van der Waals surface area contributed by atoms with E-state index in [9.17, 15) is 0 Å². The number of hydrogen-bond donors (Lipinski definition) is 0. The van der Waals surface area contributed by atoms with Gasteiger partial charge in [-0.15, -0.1) is 0 Å². The fourth-order valence-corrected chi connectivity index (χ4v) is 3.01. The average Bonchev–Trinajstić information content (AvgIpc) is 2.37. The van der Waals surface area contributed by atoms with Crippen LogP contribution < -0.4 is 0 Å². The molecule has 1 heteroatoms. The van der Waals surface area contributed by atoms with Crippen LogP contribution in [-0.2, 0) is 12.8 Å². The van der Waals surface area contributed by atoms with Gasteiger partial charge in [-0.1, -0.05) is 43.3 Å². The highest BCUT2D eigenvalue weighted by Gasteiger charge is 2.23. The molecule has 0 saturated carbocycles. The van der Waals surface area contributed by atoms with Gasteiger partial charge in [-0.25, -0.2) is 0 Å². The van der Waals surface area contributed by atoms with E-state index in [1.807, 2.05) is 0 Å². The largest absolute Gasteiger partial charge is 0.296 e. The molecular weight excluding hydrogens is 218 g/mol. The van der Waals surface area contributed by atoms with Crippen molar-refractivity contribution in [3.05, 3.63) is 47.5 Å². The van der Waals surface area contributed by atoms with Crippen LogP contribution in [0.25, 0.3) is 0 Å². The zero-order valence-electron chi connectivity index (χ0n) is 11.8. The molecule has 0 aromatic heterocycles. The van der Waals surface area contributed by atoms with Crippen LogP contribution in [-0.4, -0.2) is 24.0 Å². The lowest BCUT2D eigenvalue weighted by Crippen LogP contribution is -2.40. The minimum Gasteiger partial charge on any atom is -0.296 e. The van der Waals surface area contributed by atoms with E-state index >= 15 is 0 Å². The minimum atomic E-state index is 0.705. The van der Waals surface area contributed by atoms with Crippen LogP contribution in [0.5, 0.6) is 0 Å². The Balaban J connectivity index is 2.07. The summed E-state index contributed by atoms with van der Waals surface area (Å²) in [7, 11) is 0. The van der Waals surface area contributed by atoms with Gasteiger partial charge in [0.25, 0.3) is 0 Å². The molecule has 0 saturated heterocycles. The van der Waals surface area contributed by atoms with E-state index in [0.29, 0.717) is 6.04 Å². The van der Waals surface area contributed by atoms with E-state index in [1.165, 1.54) is 37.8 Å². The second-order valence-corrected chi connectivity index (χ2v) is 5.59. The first-order chi connectivity index (χ1) is 8.70. The third kappa shape index (κ3) is 3.23. The monoisotopic (exact) mass is 243 g/mol. The lowest BCUT2D eigenvalue weighted by atomic mass is 9.87. The molecule has 1 aromatic carbocycles. The van der Waals surface area contributed by atoms with E-state index in [2.05, 4.69) is 49.6 Å². The smallest absolute Gasteiger partial charge is 0.0190 e. The number of aryl methyl sites for hydroxylation is 1. The molecule has 1 aliphatic rings. The second kappa shape index (κ2) is 6.19. The summed E-state index contributed by atoms with van der Waals surface area (Å²) in [5.74, 6) is 0. The van der Waals surface area contributed by atoms with Gasteiger partial charge in [0.15, 0.2) is 0 Å². The number of benzene rings is 1. The maximum absolute atomic E-state index is 4.07. The van der Waals surface area contributed by atoms with Gasteiger partial charge >= 0.3 is 0 Å². The second-order valence-electron chi connectivity index (χ2n) is 5.59. The first-order valence-electron chi connectivity index (χ1n) is 7.16. The zero-order chi connectivity index (χ0) is 13.0. The third-order valence-corrected chi connectivity index (χ3v) is 3.82. The van der Waals surface area contributed by atoms with Gasteiger partial charge in [-0.2, -0.15) is 0 Å². The molecule has 0 aliphatic heterocycles. The predicted molar refractivity (Wildman–Crippen MR) is 78.9 cm³/mol. The molecule has 0 heterocycles. The molecule has 1 nitrogen and oxygen atoms in total. The molecule has 0 amide bonds. The van der Waals surface area contributed by atoms with Gasteiger partial charge in [0.1, 0.15) is 0 Å². The lowest BCUT2D eigenvalue weighted by molar-refractivity contribution is 0.195. The van der Waals surface area contributed by atoms with Gasteiger partial charge in [0.2, 0.25) is 0 Å². The predicted octanol–water partition coefficient (Wildman–Crippen LogP) is 3.83. The highest BCUT2D eigenvalue weighted by molar-refractivity contribution is 5.30. The van der Waals surface area contributed by atoms with E-state index in [4.69, 9.17) is 0 Å². The van der Waals surface area contributed by atoms with E-state index < -0.39 is 0 Å². The Kier molecular flexibility index (Phi) is 4.60. The summed E-state index contributed by atoms with van der Waals surface area (Å²) in [6, 6.07) is 9.62. The SMILES string of the molecule is C=C(C)CN(CCC)C1CCc2ccccc2C1. The average molecular weight is 243 g/mol. The number of hydrogen-bond acceptors (Lipinski definition) is 1. The van der Waals surface area contributed by atoms with Gasteiger partial charge < -0.3 is 0 Å². The molecule has 0 N–H and O–H groups in total. The van der Waals surface area contributed by atoms with E-state index in [0.717, 1.165) is 6.54 Å². The summed E-state index contributed by atoms with van der Waals surface area (Å²) < 4.78 is 0. The molecule has 1 aliphatic carbocycles. The number of fused-ring (bicyclic) bond motifs is 1. The van der Waals surface area contributed by atoms with Crippen molar-refractivity contribution in [1.29, 1.82) is 0 Å². The third-order valence-electron chi connectivity index (χ3n) is 3.82. The summed E-state index contributed by atoms with van der Waals surface area (Å²) in [6.45, 7) is 10.7. The van der Waals surface area contributed by atoms with Crippen LogP contribution in [0.4, 0.5) is 0 Å². The van der Waals surface area contributed by atoms with Crippen LogP contribution in [0.15, 0.2) is 36.4 Å². The quantitative estimate of drug-likeness (QED) is 0.710. The number of nitrogens with zero attached hydrogens (tertiary/aromatic N) is 1. The summed E-state index contributed by atoms with van der Waals surface area (Å²) in [6.07, 6.45) is 4.97. The van der Waals surface area contributed by atoms with Crippen molar-refractivity contribution in [1.82, 2.24) is 4.90 Å². The van der Waals surface area contributed by atoms with Gasteiger partial charge in [-0.3, -0.25) is 4.90 Å². The standard InChI is InChI=1S/C17H25N/c1-4-11-18(13-14(2)3)17-10-9-15-7-5-6-8-16(15)12-17/h5-8,17H,2,4,9-13H2,1,3H3. The van der Waals surface area contributed by atoms with Crippen molar-refractivity contribution in [2.75, 3.05) is 13.1 Å². The first kappa shape index (κ1) is 13.4. The summed E-state index contributed by atoms with van der Waals surface area (Å²) in [5.41, 5.74) is 4.39. The molecule has 0 radical (unpaired) electrons. The highest BCUT2D eigenvalue weighted by Crippen LogP contribution is 2.25. The Morgan fingerprint density at radius 1 is 1.33 bits per heavy atom. The van der Waals surface area contributed by atoms with Crippen LogP contribution in [0.2, 0.25) is 0 Å². The fourth-order valence-electron chi connectivity index (χ4n) is 3.01. The zero-order valence-corrected chi connectivity index (χ0v) is 11.8. The molecule has 1 aromatic rings. The number of rotatable bonds is 5. The molecule has 0 bridgehead atoms. The Hall–Kier alpha value is -1.08. The van der Waals surface area contributed by atoms with E-state index in [1.54, 1.807) is 11.1 Å². The maximum Gasteiger partial charge on any atom is 0.0190 e. The molecule has 2 rings (SSSR count). The van der Waals surface area contributed by atoms with E-state index in [-0.39, 0.29) is 0 Å². The molecule has 0 spiro atoms. The van der Waals surface area contributed by atoms with Crippen LogP contribution >= 0.6 is 0 Å². The maximum atomic E-state index is 4.07. The van der Waals surface area contributed by atoms with Crippen molar-refractivity contribution in [3.63, 3.8) is 0 Å². The van der Waals surface area contributed by atoms with Crippen molar-refractivity contribution in [3.8, 4) is 0 Å². The lowest BCUT2D eigenvalue weighted by Gasteiger charge is -2.35. The Labute approximate surface area is 112 Å². The van der Waals surface area contributed by atoms with Crippen LogP contribution in [0.3, 0.4) is 0 Å². The van der Waals surface area contributed by atoms with Crippen molar-refractivity contribution in [2.24, 2.45) is 0 Å². The molecule has 18 heavy (non-hydrogen) atoms.